The molecule has 0 atom stereocenters. The number of benzene rings is 2. The van der Waals surface area contributed by atoms with E-state index < -0.39 is 0 Å². The third-order valence-electron chi connectivity index (χ3n) is 3.29. The van der Waals surface area contributed by atoms with E-state index in [1.807, 2.05) is 63.2 Å². The summed E-state index contributed by atoms with van der Waals surface area (Å²) in [5, 5.41) is 3.47. The summed E-state index contributed by atoms with van der Waals surface area (Å²) in [5.41, 5.74) is 3.56. The van der Waals surface area contributed by atoms with E-state index in [9.17, 15) is 4.79 Å². The SMILES string of the molecule is CCN(C(=O)Nc1c(C)cc(C)cc1Cl)c1ccccc1. The molecule has 0 aliphatic carbocycles. The molecule has 0 saturated heterocycles. The fraction of sp³-hybridized carbons (Fsp3) is 0.235. The van der Waals surface area contributed by atoms with Crippen LogP contribution < -0.4 is 10.2 Å². The number of nitrogens with zero attached hydrogens (tertiary/aromatic N) is 1. The quantitative estimate of drug-likeness (QED) is 0.848. The number of hydrogen-bond acceptors (Lipinski definition) is 1. The van der Waals surface area contributed by atoms with Crippen LogP contribution in [0.1, 0.15) is 18.1 Å². The lowest BCUT2D eigenvalue weighted by molar-refractivity contribution is 0.257. The van der Waals surface area contributed by atoms with E-state index in [4.69, 9.17) is 11.6 Å². The van der Waals surface area contributed by atoms with Gasteiger partial charge < -0.3 is 5.32 Å². The number of carbonyl (C=O) groups is 1. The number of anilines is 2. The van der Waals surface area contributed by atoms with Gasteiger partial charge in [-0.3, -0.25) is 4.90 Å². The first-order valence-electron chi connectivity index (χ1n) is 6.93. The van der Waals surface area contributed by atoms with Crippen molar-refractivity contribution in [1.29, 1.82) is 0 Å². The molecule has 110 valence electrons. The Morgan fingerprint density at radius 3 is 2.43 bits per heavy atom. The van der Waals surface area contributed by atoms with Gasteiger partial charge >= 0.3 is 6.03 Å². The Labute approximate surface area is 130 Å². The number of urea groups is 1. The van der Waals surface area contributed by atoms with Crippen LogP contribution in [0.3, 0.4) is 0 Å². The number of amides is 2. The Morgan fingerprint density at radius 2 is 1.86 bits per heavy atom. The zero-order chi connectivity index (χ0) is 15.4. The average Bonchev–Trinajstić information content (AvgIpc) is 2.45. The second-order valence-corrected chi connectivity index (χ2v) is 5.36. The van der Waals surface area contributed by atoms with Crippen LogP contribution >= 0.6 is 11.6 Å². The van der Waals surface area contributed by atoms with Gasteiger partial charge in [-0.15, -0.1) is 0 Å². The van der Waals surface area contributed by atoms with Crippen molar-refractivity contribution in [1.82, 2.24) is 0 Å². The highest BCUT2D eigenvalue weighted by atomic mass is 35.5. The molecular weight excluding hydrogens is 284 g/mol. The Kier molecular flexibility index (Phi) is 4.86. The summed E-state index contributed by atoms with van der Waals surface area (Å²) in [6.45, 7) is 6.44. The molecule has 0 heterocycles. The van der Waals surface area contributed by atoms with Gasteiger partial charge in [0.15, 0.2) is 0 Å². The summed E-state index contributed by atoms with van der Waals surface area (Å²) in [6, 6.07) is 13.2. The van der Waals surface area contributed by atoms with Crippen molar-refractivity contribution in [2.24, 2.45) is 0 Å². The molecule has 2 rings (SSSR count). The van der Waals surface area contributed by atoms with Crippen LogP contribution in [0.25, 0.3) is 0 Å². The maximum absolute atomic E-state index is 12.5. The van der Waals surface area contributed by atoms with Gasteiger partial charge in [0.05, 0.1) is 10.7 Å². The second-order valence-electron chi connectivity index (χ2n) is 4.95. The maximum atomic E-state index is 12.5. The van der Waals surface area contributed by atoms with Crippen molar-refractivity contribution >= 4 is 29.0 Å². The maximum Gasteiger partial charge on any atom is 0.326 e. The molecular formula is C17H19ClN2O. The topological polar surface area (TPSA) is 32.3 Å². The van der Waals surface area contributed by atoms with Gasteiger partial charge in [0, 0.05) is 12.2 Å². The monoisotopic (exact) mass is 302 g/mol. The van der Waals surface area contributed by atoms with Gasteiger partial charge in [-0.05, 0) is 50.1 Å². The third kappa shape index (κ3) is 3.56. The average molecular weight is 303 g/mol. The summed E-state index contributed by atoms with van der Waals surface area (Å²) >= 11 is 6.24. The normalized spacial score (nSPS) is 10.3. The lowest BCUT2D eigenvalue weighted by atomic mass is 10.1. The first-order valence-corrected chi connectivity index (χ1v) is 7.31. The Morgan fingerprint density at radius 1 is 1.19 bits per heavy atom. The molecule has 0 spiro atoms. The van der Waals surface area contributed by atoms with Crippen molar-refractivity contribution in [3.05, 3.63) is 58.6 Å². The number of halogens is 1. The molecule has 1 N–H and O–H groups in total. The molecule has 0 aromatic heterocycles. The summed E-state index contributed by atoms with van der Waals surface area (Å²) in [6.07, 6.45) is 0. The number of rotatable bonds is 3. The summed E-state index contributed by atoms with van der Waals surface area (Å²) in [4.78, 5) is 14.2. The molecule has 2 aromatic carbocycles. The van der Waals surface area contributed by atoms with Crippen LogP contribution in [0, 0.1) is 13.8 Å². The van der Waals surface area contributed by atoms with Crippen molar-refractivity contribution in [2.75, 3.05) is 16.8 Å². The molecule has 2 aromatic rings. The van der Waals surface area contributed by atoms with E-state index >= 15 is 0 Å². The highest BCUT2D eigenvalue weighted by Gasteiger charge is 2.16. The smallest absolute Gasteiger partial charge is 0.306 e. The minimum absolute atomic E-state index is 0.183. The van der Waals surface area contributed by atoms with E-state index in [1.54, 1.807) is 4.90 Å². The standard InChI is InChI=1S/C17H19ClN2O/c1-4-20(14-8-6-5-7-9-14)17(21)19-16-13(3)10-12(2)11-15(16)18/h5-11H,4H2,1-3H3,(H,19,21). The first kappa shape index (κ1) is 15.4. The molecule has 2 amide bonds. The minimum atomic E-state index is -0.183. The highest BCUT2D eigenvalue weighted by molar-refractivity contribution is 6.34. The highest BCUT2D eigenvalue weighted by Crippen LogP contribution is 2.28. The van der Waals surface area contributed by atoms with Crippen molar-refractivity contribution in [3.8, 4) is 0 Å². The zero-order valence-electron chi connectivity index (χ0n) is 12.5. The second kappa shape index (κ2) is 6.64. The first-order chi connectivity index (χ1) is 10.0. The van der Waals surface area contributed by atoms with E-state index in [0.29, 0.717) is 17.3 Å². The molecule has 0 bridgehead atoms. The van der Waals surface area contributed by atoms with Crippen molar-refractivity contribution < 1.29 is 4.79 Å². The molecule has 0 aliphatic heterocycles. The van der Waals surface area contributed by atoms with Crippen LogP contribution in [-0.2, 0) is 0 Å². The number of aryl methyl sites for hydroxylation is 2. The lowest BCUT2D eigenvalue weighted by Gasteiger charge is -2.22. The Balaban J connectivity index is 2.25. The molecule has 0 aliphatic rings. The molecule has 0 saturated carbocycles. The summed E-state index contributed by atoms with van der Waals surface area (Å²) in [5.74, 6) is 0. The van der Waals surface area contributed by atoms with Gasteiger partial charge in [0.2, 0.25) is 0 Å². The molecule has 21 heavy (non-hydrogen) atoms. The van der Waals surface area contributed by atoms with Gasteiger partial charge in [-0.25, -0.2) is 4.79 Å². The fourth-order valence-corrected chi connectivity index (χ4v) is 2.67. The van der Waals surface area contributed by atoms with Crippen molar-refractivity contribution in [3.63, 3.8) is 0 Å². The van der Waals surface area contributed by atoms with Crippen LogP contribution in [0.5, 0.6) is 0 Å². The van der Waals surface area contributed by atoms with Crippen LogP contribution in [0.15, 0.2) is 42.5 Å². The number of nitrogens with one attached hydrogen (secondary N) is 1. The van der Waals surface area contributed by atoms with Crippen molar-refractivity contribution in [2.45, 2.75) is 20.8 Å². The number of para-hydroxylation sites is 1. The molecule has 0 fully saturated rings. The summed E-state index contributed by atoms with van der Waals surface area (Å²) < 4.78 is 0. The number of hydrogen-bond donors (Lipinski definition) is 1. The lowest BCUT2D eigenvalue weighted by Crippen LogP contribution is -2.35. The zero-order valence-corrected chi connectivity index (χ0v) is 13.2. The number of carbonyl (C=O) groups excluding carboxylic acids is 1. The van der Waals surface area contributed by atoms with E-state index in [0.717, 1.165) is 16.8 Å². The predicted molar refractivity (Wildman–Crippen MR) is 89.4 cm³/mol. The fourth-order valence-electron chi connectivity index (χ4n) is 2.30. The Bertz CT molecular complexity index is 617. The molecule has 0 unspecified atom stereocenters. The van der Waals surface area contributed by atoms with Gasteiger partial charge in [0.25, 0.3) is 0 Å². The van der Waals surface area contributed by atoms with Crippen LogP contribution in [-0.4, -0.2) is 12.6 Å². The van der Waals surface area contributed by atoms with Crippen LogP contribution in [0.4, 0.5) is 16.2 Å². The van der Waals surface area contributed by atoms with Gasteiger partial charge in [0.1, 0.15) is 0 Å². The molecule has 3 nitrogen and oxygen atoms in total. The van der Waals surface area contributed by atoms with E-state index in [-0.39, 0.29) is 6.03 Å². The van der Waals surface area contributed by atoms with Gasteiger partial charge in [-0.1, -0.05) is 35.9 Å². The summed E-state index contributed by atoms with van der Waals surface area (Å²) in [7, 11) is 0. The Hall–Kier alpha value is -2.00. The van der Waals surface area contributed by atoms with E-state index in [2.05, 4.69) is 5.32 Å². The van der Waals surface area contributed by atoms with Crippen LogP contribution in [0.2, 0.25) is 5.02 Å². The molecule has 0 radical (unpaired) electrons. The predicted octanol–water partition coefficient (Wildman–Crippen LogP) is 5.02. The van der Waals surface area contributed by atoms with E-state index in [1.165, 1.54) is 0 Å². The van der Waals surface area contributed by atoms with Gasteiger partial charge in [-0.2, -0.15) is 0 Å². The third-order valence-corrected chi connectivity index (χ3v) is 3.59. The molecule has 4 heteroatoms. The minimum Gasteiger partial charge on any atom is -0.306 e. The largest absolute Gasteiger partial charge is 0.326 e.